The minimum atomic E-state index is -0.923. The molecule has 5 nitrogen and oxygen atoms in total. The minimum absolute atomic E-state index is 0.222. The summed E-state index contributed by atoms with van der Waals surface area (Å²) in [5.41, 5.74) is -0.923. The lowest BCUT2D eigenvalue weighted by Gasteiger charge is -2.33. The Bertz CT molecular complexity index is 196. The maximum atomic E-state index is 10.7. The second-order valence-corrected chi connectivity index (χ2v) is 3.78. The summed E-state index contributed by atoms with van der Waals surface area (Å²) in [5, 5.41) is 10.7. The number of hydrogen-bond donors (Lipinski definition) is 0. The zero-order chi connectivity index (χ0) is 9.90. The van der Waals surface area contributed by atoms with E-state index >= 15 is 0 Å². The molecule has 1 heterocycles. The molecule has 1 fully saturated rings. The molecule has 1 saturated heterocycles. The molecule has 0 N–H and O–H groups in total. The van der Waals surface area contributed by atoms with E-state index in [-0.39, 0.29) is 11.5 Å². The van der Waals surface area contributed by atoms with Crippen molar-refractivity contribution >= 4 is 0 Å². The average Bonchev–Trinajstić information content (AvgIpc) is 2.04. The Morgan fingerprint density at radius 1 is 1.69 bits per heavy atom. The molecule has 1 rings (SSSR count). The highest BCUT2D eigenvalue weighted by Crippen LogP contribution is 2.17. The van der Waals surface area contributed by atoms with E-state index in [4.69, 9.17) is 4.74 Å². The van der Waals surface area contributed by atoms with Gasteiger partial charge in [0.05, 0.1) is 13.3 Å². The van der Waals surface area contributed by atoms with Crippen molar-refractivity contribution < 1.29 is 9.66 Å². The third-order valence-electron chi connectivity index (χ3n) is 2.23. The fourth-order valence-electron chi connectivity index (χ4n) is 1.54. The van der Waals surface area contributed by atoms with Crippen LogP contribution < -0.4 is 0 Å². The van der Waals surface area contributed by atoms with Gasteiger partial charge in [0.1, 0.15) is 6.61 Å². The fourth-order valence-corrected chi connectivity index (χ4v) is 1.54. The second kappa shape index (κ2) is 4.02. The lowest BCUT2D eigenvalue weighted by atomic mass is 10.0. The lowest BCUT2D eigenvalue weighted by molar-refractivity contribution is -0.576. The van der Waals surface area contributed by atoms with Gasteiger partial charge in [-0.15, -0.1) is 0 Å². The molecule has 0 bridgehead atoms. The van der Waals surface area contributed by atoms with Crippen LogP contribution in [-0.4, -0.2) is 41.8 Å². The summed E-state index contributed by atoms with van der Waals surface area (Å²) in [7, 11) is 0. The van der Waals surface area contributed by atoms with Crippen LogP contribution in [0.2, 0.25) is 0 Å². The summed E-state index contributed by atoms with van der Waals surface area (Å²) in [6.07, 6.45) is 0.997. The Balaban J connectivity index is 2.54. The summed E-state index contributed by atoms with van der Waals surface area (Å²) in [4.78, 5) is 12.5. The maximum absolute atomic E-state index is 10.7. The first-order chi connectivity index (χ1) is 6.08. The Labute approximate surface area is 77.8 Å². The van der Waals surface area contributed by atoms with Crippen LogP contribution in [0.3, 0.4) is 0 Å². The SMILES string of the molecule is CCCN1COCC(C)([N+](=O)[O-])C1. The Morgan fingerprint density at radius 3 is 2.92 bits per heavy atom. The van der Waals surface area contributed by atoms with Crippen molar-refractivity contribution in [2.45, 2.75) is 25.8 Å². The highest BCUT2D eigenvalue weighted by Gasteiger charge is 2.42. The predicted octanol–water partition coefficient (Wildman–Crippen LogP) is 0.722. The van der Waals surface area contributed by atoms with Gasteiger partial charge in [0.2, 0.25) is 0 Å². The largest absolute Gasteiger partial charge is 0.359 e. The van der Waals surface area contributed by atoms with Crippen molar-refractivity contribution in [3.05, 3.63) is 10.1 Å². The molecule has 0 aromatic rings. The van der Waals surface area contributed by atoms with E-state index < -0.39 is 5.54 Å². The first kappa shape index (κ1) is 10.4. The average molecular weight is 188 g/mol. The molecular weight excluding hydrogens is 172 g/mol. The highest BCUT2D eigenvalue weighted by atomic mass is 16.6. The van der Waals surface area contributed by atoms with Crippen LogP contribution in [0.15, 0.2) is 0 Å². The van der Waals surface area contributed by atoms with Gasteiger partial charge in [0.25, 0.3) is 5.54 Å². The molecule has 0 aromatic carbocycles. The van der Waals surface area contributed by atoms with Crippen molar-refractivity contribution in [3.8, 4) is 0 Å². The first-order valence-electron chi connectivity index (χ1n) is 4.53. The molecule has 0 amide bonds. The van der Waals surface area contributed by atoms with Gasteiger partial charge in [0, 0.05) is 18.4 Å². The summed E-state index contributed by atoms with van der Waals surface area (Å²) in [6.45, 7) is 5.79. The Hall–Kier alpha value is -0.680. The van der Waals surface area contributed by atoms with Crippen molar-refractivity contribution in [2.24, 2.45) is 0 Å². The monoisotopic (exact) mass is 188 g/mol. The van der Waals surface area contributed by atoms with E-state index in [1.165, 1.54) is 0 Å². The number of nitro groups is 1. The van der Waals surface area contributed by atoms with Gasteiger partial charge >= 0.3 is 0 Å². The molecule has 0 spiro atoms. The van der Waals surface area contributed by atoms with Gasteiger partial charge in [-0.25, -0.2) is 0 Å². The van der Waals surface area contributed by atoms with Gasteiger partial charge in [-0.2, -0.15) is 0 Å². The van der Waals surface area contributed by atoms with Crippen LogP contribution >= 0.6 is 0 Å². The van der Waals surface area contributed by atoms with Crippen LogP contribution in [0.25, 0.3) is 0 Å². The summed E-state index contributed by atoms with van der Waals surface area (Å²) < 4.78 is 5.20. The van der Waals surface area contributed by atoms with E-state index in [0.29, 0.717) is 13.3 Å². The molecule has 76 valence electrons. The Morgan fingerprint density at radius 2 is 2.38 bits per heavy atom. The smallest absolute Gasteiger partial charge is 0.254 e. The molecule has 0 saturated carbocycles. The third-order valence-corrected chi connectivity index (χ3v) is 2.23. The fraction of sp³-hybridized carbons (Fsp3) is 1.00. The molecule has 0 radical (unpaired) electrons. The van der Waals surface area contributed by atoms with E-state index in [2.05, 4.69) is 6.92 Å². The molecule has 1 aliphatic heterocycles. The van der Waals surface area contributed by atoms with E-state index in [1.54, 1.807) is 6.92 Å². The zero-order valence-electron chi connectivity index (χ0n) is 8.15. The Kier molecular flexibility index (Phi) is 3.22. The van der Waals surface area contributed by atoms with Gasteiger partial charge in [-0.1, -0.05) is 6.92 Å². The van der Waals surface area contributed by atoms with Crippen LogP contribution in [0.4, 0.5) is 0 Å². The third kappa shape index (κ3) is 2.38. The normalized spacial score (nSPS) is 30.3. The minimum Gasteiger partial charge on any atom is -0.359 e. The van der Waals surface area contributed by atoms with Gasteiger partial charge < -0.3 is 4.74 Å². The summed E-state index contributed by atoms with van der Waals surface area (Å²) in [5.74, 6) is 0. The second-order valence-electron chi connectivity index (χ2n) is 3.78. The van der Waals surface area contributed by atoms with Crippen LogP contribution in [0.5, 0.6) is 0 Å². The molecule has 5 heteroatoms. The molecule has 0 aliphatic carbocycles. The molecule has 1 unspecified atom stereocenters. The standard InChI is InChI=1S/C8H16N2O3/c1-3-4-9-5-8(2,10(11)12)6-13-7-9/h3-7H2,1-2H3. The van der Waals surface area contributed by atoms with E-state index in [9.17, 15) is 10.1 Å². The first-order valence-corrected chi connectivity index (χ1v) is 4.53. The van der Waals surface area contributed by atoms with Crippen LogP contribution in [0.1, 0.15) is 20.3 Å². The number of rotatable bonds is 3. The van der Waals surface area contributed by atoms with Crippen LogP contribution in [-0.2, 0) is 4.74 Å². The summed E-state index contributed by atoms with van der Waals surface area (Å²) in [6, 6.07) is 0. The highest BCUT2D eigenvalue weighted by molar-refractivity contribution is 4.80. The molecule has 0 aromatic heterocycles. The van der Waals surface area contributed by atoms with E-state index in [0.717, 1.165) is 13.0 Å². The maximum Gasteiger partial charge on any atom is 0.254 e. The van der Waals surface area contributed by atoms with Gasteiger partial charge in [-0.3, -0.25) is 15.0 Å². The van der Waals surface area contributed by atoms with Crippen LogP contribution in [0, 0.1) is 10.1 Å². The zero-order valence-corrected chi connectivity index (χ0v) is 8.15. The number of nitrogens with zero attached hydrogens (tertiary/aromatic N) is 2. The van der Waals surface area contributed by atoms with E-state index in [1.807, 2.05) is 4.90 Å². The topological polar surface area (TPSA) is 55.6 Å². The van der Waals surface area contributed by atoms with Crippen molar-refractivity contribution in [1.82, 2.24) is 4.90 Å². The summed E-state index contributed by atoms with van der Waals surface area (Å²) >= 11 is 0. The quantitative estimate of drug-likeness (QED) is 0.483. The molecule has 1 aliphatic rings. The number of ether oxygens (including phenoxy) is 1. The van der Waals surface area contributed by atoms with Gasteiger partial charge in [0.15, 0.2) is 0 Å². The molecular formula is C8H16N2O3. The molecule has 1 atom stereocenters. The predicted molar refractivity (Wildman–Crippen MR) is 48.1 cm³/mol. The van der Waals surface area contributed by atoms with Crippen molar-refractivity contribution in [3.63, 3.8) is 0 Å². The van der Waals surface area contributed by atoms with Crippen molar-refractivity contribution in [2.75, 3.05) is 26.4 Å². The van der Waals surface area contributed by atoms with Crippen molar-refractivity contribution in [1.29, 1.82) is 0 Å². The molecule has 13 heavy (non-hydrogen) atoms. The van der Waals surface area contributed by atoms with Gasteiger partial charge in [-0.05, 0) is 6.42 Å². The lowest BCUT2D eigenvalue weighted by Crippen LogP contribution is -2.55. The number of hydrogen-bond acceptors (Lipinski definition) is 4.